The van der Waals surface area contributed by atoms with Gasteiger partial charge in [-0.3, -0.25) is 4.79 Å². The molecule has 9 atom stereocenters. The smallest absolute Gasteiger partial charge is 0.224 e. The van der Waals surface area contributed by atoms with Gasteiger partial charge in [0, 0.05) is 5.41 Å². The van der Waals surface area contributed by atoms with Gasteiger partial charge in [0.1, 0.15) is 55.9 Å². The van der Waals surface area contributed by atoms with Gasteiger partial charge in [-0.1, -0.05) is 20.8 Å². The molecular formula is C18H32O12. The molecule has 0 radical (unpaired) electrons. The maximum Gasteiger partial charge on any atom is 0.224 e. The summed E-state index contributed by atoms with van der Waals surface area (Å²) in [4.78, 5) is 12.1. The van der Waals surface area contributed by atoms with Gasteiger partial charge >= 0.3 is 0 Å². The fourth-order valence-corrected chi connectivity index (χ4v) is 3.12. The van der Waals surface area contributed by atoms with Crippen molar-refractivity contribution in [3.8, 4) is 0 Å². The second-order valence-electron chi connectivity index (χ2n) is 8.57. The Morgan fingerprint density at radius 3 is 2.03 bits per heavy atom. The first-order chi connectivity index (χ1) is 13.9. The topological polar surface area (TPSA) is 196 Å². The number of aliphatic hydroxyl groups excluding tert-OH is 7. The van der Waals surface area contributed by atoms with E-state index in [0.717, 1.165) is 0 Å². The third-order valence-corrected chi connectivity index (χ3v) is 5.22. The first kappa shape index (κ1) is 25.5. The zero-order valence-corrected chi connectivity index (χ0v) is 17.1. The standard InChI is InChI=1S/C18H32O12/c1-17(2,3)10(21)6-27-7-18(15(26)12(23)9(5-20)29-18)30-16-14(25)13(24)11(22)8(4-19)28-16/h8-9,11-16,19-20,22-26H,4-7H2,1-3H3/t8-,9-,11-,12-,13+,14-,15+,16-,18+/m1/s1. The molecule has 0 amide bonds. The predicted molar refractivity (Wildman–Crippen MR) is 96.8 cm³/mol. The zero-order chi connectivity index (χ0) is 22.9. The van der Waals surface area contributed by atoms with Gasteiger partial charge in [0.05, 0.1) is 13.2 Å². The van der Waals surface area contributed by atoms with Gasteiger partial charge in [-0.05, 0) is 0 Å². The molecule has 2 fully saturated rings. The van der Waals surface area contributed by atoms with E-state index in [2.05, 4.69) is 0 Å². The van der Waals surface area contributed by atoms with E-state index in [1.54, 1.807) is 20.8 Å². The molecule has 2 aliphatic rings. The highest BCUT2D eigenvalue weighted by Crippen LogP contribution is 2.36. The third kappa shape index (κ3) is 5.16. The lowest BCUT2D eigenvalue weighted by Crippen LogP contribution is -2.62. The minimum Gasteiger partial charge on any atom is -0.394 e. The summed E-state index contributed by atoms with van der Waals surface area (Å²) in [6.45, 7) is 2.69. The Balaban J connectivity index is 2.21. The van der Waals surface area contributed by atoms with Crippen LogP contribution in [0.15, 0.2) is 0 Å². The van der Waals surface area contributed by atoms with Crippen LogP contribution in [0.5, 0.6) is 0 Å². The van der Waals surface area contributed by atoms with Crippen molar-refractivity contribution in [1.82, 2.24) is 0 Å². The summed E-state index contributed by atoms with van der Waals surface area (Å²) in [6.07, 6.45) is -12.8. The van der Waals surface area contributed by atoms with Crippen molar-refractivity contribution in [1.29, 1.82) is 0 Å². The van der Waals surface area contributed by atoms with E-state index in [4.69, 9.17) is 18.9 Å². The van der Waals surface area contributed by atoms with Gasteiger partial charge in [0.25, 0.3) is 0 Å². The molecule has 2 heterocycles. The van der Waals surface area contributed by atoms with Gasteiger partial charge in [-0.2, -0.15) is 0 Å². The SMILES string of the molecule is CC(C)(C)C(=O)COC[C@@]1(O[C@H]2O[C@H](CO)[C@@H](O)[C@H](O)[C@H]2O)O[C@H](CO)[C@@H](O)[C@@H]1O. The summed E-state index contributed by atoms with van der Waals surface area (Å²) in [5, 5.41) is 69.4. The number of carbonyl (C=O) groups excluding carboxylic acids is 1. The zero-order valence-electron chi connectivity index (χ0n) is 17.1. The first-order valence-corrected chi connectivity index (χ1v) is 9.62. The second kappa shape index (κ2) is 9.79. The highest BCUT2D eigenvalue weighted by molar-refractivity contribution is 5.84. The van der Waals surface area contributed by atoms with Gasteiger partial charge in [0.15, 0.2) is 12.1 Å². The molecule has 12 nitrogen and oxygen atoms in total. The van der Waals surface area contributed by atoms with Crippen molar-refractivity contribution in [2.45, 2.75) is 75.6 Å². The Morgan fingerprint density at radius 2 is 1.53 bits per heavy atom. The molecule has 2 aliphatic heterocycles. The van der Waals surface area contributed by atoms with Crippen LogP contribution in [0.1, 0.15) is 20.8 Å². The maximum atomic E-state index is 12.1. The lowest BCUT2D eigenvalue weighted by atomic mass is 9.91. The maximum absolute atomic E-state index is 12.1. The molecule has 0 aromatic heterocycles. The number of rotatable bonds is 8. The van der Waals surface area contributed by atoms with E-state index in [1.807, 2.05) is 0 Å². The number of Topliss-reactive ketones (excluding diaryl/α,β-unsaturated/α-hetero) is 1. The van der Waals surface area contributed by atoms with Crippen molar-refractivity contribution in [3.05, 3.63) is 0 Å². The Morgan fingerprint density at radius 1 is 0.933 bits per heavy atom. The molecule has 2 rings (SSSR count). The summed E-state index contributed by atoms with van der Waals surface area (Å²) in [7, 11) is 0. The molecule has 0 spiro atoms. The average molecular weight is 440 g/mol. The number of ketones is 1. The average Bonchev–Trinajstić information content (AvgIpc) is 2.92. The Kier molecular flexibility index (Phi) is 8.32. The van der Waals surface area contributed by atoms with E-state index < -0.39 is 80.0 Å². The van der Waals surface area contributed by atoms with E-state index in [9.17, 15) is 40.5 Å². The molecule has 0 aromatic rings. The van der Waals surface area contributed by atoms with Crippen LogP contribution in [-0.2, 0) is 23.7 Å². The van der Waals surface area contributed by atoms with Crippen LogP contribution in [0.4, 0.5) is 0 Å². The Labute approximate surface area is 173 Å². The summed E-state index contributed by atoms with van der Waals surface area (Å²) in [5.74, 6) is -2.45. The number of aliphatic hydroxyl groups is 7. The number of hydrogen-bond donors (Lipinski definition) is 7. The van der Waals surface area contributed by atoms with Crippen LogP contribution >= 0.6 is 0 Å². The van der Waals surface area contributed by atoms with Crippen molar-refractivity contribution >= 4 is 5.78 Å². The molecule has 176 valence electrons. The van der Waals surface area contributed by atoms with Crippen LogP contribution in [0.25, 0.3) is 0 Å². The van der Waals surface area contributed by atoms with E-state index in [1.165, 1.54) is 0 Å². The molecule has 7 N–H and O–H groups in total. The fourth-order valence-electron chi connectivity index (χ4n) is 3.12. The summed E-state index contributed by atoms with van der Waals surface area (Å²) < 4.78 is 21.6. The molecule has 0 aromatic carbocycles. The van der Waals surface area contributed by atoms with Crippen LogP contribution in [0, 0.1) is 5.41 Å². The van der Waals surface area contributed by atoms with E-state index in [0.29, 0.717) is 0 Å². The third-order valence-electron chi connectivity index (χ3n) is 5.22. The summed E-state index contributed by atoms with van der Waals surface area (Å²) in [5.41, 5.74) is -0.701. The van der Waals surface area contributed by atoms with Crippen molar-refractivity contribution in [3.63, 3.8) is 0 Å². The number of carbonyl (C=O) groups is 1. The molecule has 0 unspecified atom stereocenters. The monoisotopic (exact) mass is 440 g/mol. The number of ether oxygens (including phenoxy) is 4. The highest BCUT2D eigenvalue weighted by atomic mass is 16.8. The van der Waals surface area contributed by atoms with Gasteiger partial charge in [-0.15, -0.1) is 0 Å². The summed E-state index contributed by atoms with van der Waals surface area (Å²) in [6, 6.07) is 0. The van der Waals surface area contributed by atoms with E-state index >= 15 is 0 Å². The molecular weight excluding hydrogens is 408 g/mol. The van der Waals surface area contributed by atoms with Crippen LogP contribution in [0.2, 0.25) is 0 Å². The van der Waals surface area contributed by atoms with Gasteiger partial charge in [-0.25, -0.2) is 0 Å². The molecule has 30 heavy (non-hydrogen) atoms. The lowest BCUT2D eigenvalue weighted by Gasteiger charge is -2.43. The Bertz CT molecular complexity index is 578. The molecule has 0 saturated carbocycles. The minimum atomic E-state index is -2.18. The second-order valence-corrected chi connectivity index (χ2v) is 8.57. The number of hydrogen-bond acceptors (Lipinski definition) is 12. The summed E-state index contributed by atoms with van der Waals surface area (Å²) >= 11 is 0. The van der Waals surface area contributed by atoms with Crippen LogP contribution in [-0.4, -0.2) is 123 Å². The first-order valence-electron chi connectivity index (χ1n) is 9.62. The van der Waals surface area contributed by atoms with Crippen molar-refractivity contribution in [2.75, 3.05) is 26.4 Å². The molecule has 12 heteroatoms. The molecule has 2 saturated heterocycles. The highest BCUT2D eigenvalue weighted by Gasteiger charge is 2.58. The van der Waals surface area contributed by atoms with Crippen LogP contribution < -0.4 is 0 Å². The predicted octanol–water partition coefficient (Wildman–Crippen LogP) is -3.76. The van der Waals surface area contributed by atoms with Crippen molar-refractivity contribution in [2.24, 2.45) is 5.41 Å². The molecule has 0 bridgehead atoms. The van der Waals surface area contributed by atoms with Crippen molar-refractivity contribution < 1.29 is 59.5 Å². The van der Waals surface area contributed by atoms with E-state index in [-0.39, 0.29) is 12.4 Å². The normalized spacial score (nSPS) is 42.5. The van der Waals surface area contributed by atoms with Gasteiger partial charge < -0.3 is 54.7 Å². The minimum absolute atomic E-state index is 0.266. The van der Waals surface area contributed by atoms with Gasteiger partial charge in [0.2, 0.25) is 5.79 Å². The fraction of sp³-hybridized carbons (Fsp3) is 0.944. The molecule has 0 aliphatic carbocycles. The largest absolute Gasteiger partial charge is 0.394 e. The lowest BCUT2D eigenvalue weighted by molar-refractivity contribution is -0.385. The quantitative estimate of drug-likeness (QED) is 0.195. The Hall–Kier alpha value is -0.770. The van der Waals surface area contributed by atoms with Crippen LogP contribution in [0.3, 0.4) is 0 Å².